The molecule has 5 heteroatoms. The van der Waals surface area contributed by atoms with Gasteiger partial charge >= 0.3 is 0 Å². The van der Waals surface area contributed by atoms with E-state index < -0.39 is 6.10 Å². The van der Waals surface area contributed by atoms with Crippen LogP contribution in [-0.2, 0) is 0 Å². The maximum Gasteiger partial charge on any atom is 0.125 e. The third kappa shape index (κ3) is 4.68. The van der Waals surface area contributed by atoms with E-state index in [0.29, 0.717) is 13.2 Å². The van der Waals surface area contributed by atoms with Gasteiger partial charge in [0, 0.05) is 44.8 Å². The summed E-state index contributed by atoms with van der Waals surface area (Å²) in [7, 11) is 0. The Kier molecular flexibility index (Phi) is 6.64. The third-order valence-corrected chi connectivity index (χ3v) is 4.14. The second-order valence-corrected chi connectivity index (χ2v) is 5.86. The first-order valence-corrected chi connectivity index (χ1v) is 8.11. The molecule has 1 aromatic carbocycles. The number of nitrogens with zero attached hydrogens (tertiary/aromatic N) is 2. The summed E-state index contributed by atoms with van der Waals surface area (Å²) in [6.07, 6.45) is -0.536. The Morgan fingerprint density at radius 3 is 2.50 bits per heavy atom. The number of aliphatic hydroxyl groups is 2. The fourth-order valence-electron chi connectivity index (χ4n) is 2.90. The first kappa shape index (κ1) is 17.2. The minimum absolute atomic E-state index is 0.212. The lowest BCUT2D eigenvalue weighted by atomic mass is 10.0. The van der Waals surface area contributed by atoms with Crippen LogP contribution in [0.25, 0.3) is 0 Å². The maximum atomic E-state index is 10.6. The minimum Gasteiger partial charge on any atom is -0.493 e. The summed E-state index contributed by atoms with van der Waals surface area (Å²) in [5, 5.41) is 19.6. The largest absolute Gasteiger partial charge is 0.493 e. The molecule has 124 valence electrons. The van der Waals surface area contributed by atoms with Crippen LogP contribution in [0.1, 0.15) is 24.2 Å². The zero-order valence-electron chi connectivity index (χ0n) is 13.7. The van der Waals surface area contributed by atoms with E-state index in [1.807, 2.05) is 32.0 Å². The van der Waals surface area contributed by atoms with Gasteiger partial charge in [-0.15, -0.1) is 0 Å². The fraction of sp³-hybridized carbons (Fsp3) is 0.647. The minimum atomic E-state index is -0.536. The molecule has 2 rings (SSSR count). The van der Waals surface area contributed by atoms with E-state index >= 15 is 0 Å². The normalized spacial score (nSPS) is 18.4. The molecule has 0 aromatic heterocycles. The van der Waals surface area contributed by atoms with E-state index in [1.165, 1.54) is 0 Å². The Labute approximate surface area is 133 Å². The van der Waals surface area contributed by atoms with Crippen molar-refractivity contribution >= 4 is 0 Å². The van der Waals surface area contributed by atoms with Gasteiger partial charge in [-0.1, -0.05) is 11.6 Å². The standard InChI is InChI=1S/C17H28N2O3/c1-3-22-17-5-4-14(2)12-15(17)16(21)13-19-8-6-18(7-9-19)10-11-20/h4-5,12,16,20-21H,3,6-11,13H2,1-2H3. The predicted octanol–water partition coefficient (Wildman–Crippen LogP) is 1.04. The Balaban J connectivity index is 1.95. The molecule has 1 atom stereocenters. The van der Waals surface area contributed by atoms with Gasteiger partial charge in [-0.3, -0.25) is 9.80 Å². The van der Waals surface area contributed by atoms with Gasteiger partial charge in [-0.05, 0) is 26.0 Å². The number of piperazine rings is 1. The molecule has 1 saturated heterocycles. The average Bonchev–Trinajstić information content (AvgIpc) is 2.51. The number of rotatable bonds is 7. The zero-order chi connectivity index (χ0) is 15.9. The van der Waals surface area contributed by atoms with Crippen molar-refractivity contribution in [1.82, 2.24) is 9.80 Å². The van der Waals surface area contributed by atoms with Crippen molar-refractivity contribution in [3.63, 3.8) is 0 Å². The highest BCUT2D eigenvalue weighted by Gasteiger charge is 2.21. The third-order valence-electron chi connectivity index (χ3n) is 4.14. The molecule has 1 aliphatic rings. The van der Waals surface area contributed by atoms with Crippen LogP contribution >= 0.6 is 0 Å². The average molecular weight is 308 g/mol. The number of ether oxygens (including phenoxy) is 1. The van der Waals surface area contributed by atoms with Crippen LogP contribution in [0.5, 0.6) is 5.75 Å². The summed E-state index contributed by atoms with van der Waals surface area (Å²) in [6, 6.07) is 5.96. The summed E-state index contributed by atoms with van der Waals surface area (Å²) >= 11 is 0. The quantitative estimate of drug-likeness (QED) is 0.788. The van der Waals surface area contributed by atoms with Crippen LogP contribution < -0.4 is 4.74 Å². The summed E-state index contributed by atoms with van der Waals surface area (Å²) in [6.45, 7) is 9.89. The molecule has 1 unspecified atom stereocenters. The SMILES string of the molecule is CCOc1ccc(C)cc1C(O)CN1CCN(CCO)CC1. The molecule has 1 heterocycles. The highest BCUT2D eigenvalue weighted by atomic mass is 16.5. The van der Waals surface area contributed by atoms with E-state index in [9.17, 15) is 5.11 Å². The van der Waals surface area contributed by atoms with Gasteiger partial charge in [-0.25, -0.2) is 0 Å². The summed E-state index contributed by atoms with van der Waals surface area (Å²) in [4.78, 5) is 4.53. The lowest BCUT2D eigenvalue weighted by molar-refractivity contribution is 0.0648. The van der Waals surface area contributed by atoms with Crippen molar-refractivity contribution in [1.29, 1.82) is 0 Å². The van der Waals surface area contributed by atoms with Crippen LogP contribution in [0.2, 0.25) is 0 Å². The molecule has 0 spiro atoms. The van der Waals surface area contributed by atoms with Crippen molar-refractivity contribution in [2.45, 2.75) is 20.0 Å². The molecule has 1 aliphatic heterocycles. The lowest BCUT2D eigenvalue weighted by Gasteiger charge is -2.35. The molecule has 0 saturated carbocycles. The van der Waals surface area contributed by atoms with E-state index in [-0.39, 0.29) is 6.61 Å². The molecule has 2 N–H and O–H groups in total. The van der Waals surface area contributed by atoms with Gasteiger partial charge in [0.15, 0.2) is 0 Å². The second kappa shape index (κ2) is 8.48. The van der Waals surface area contributed by atoms with Crippen LogP contribution in [0.4, 0.5) is 0 Å². The number of benzene rings is 1. The first-order chi connectivity index (χ1) is 10.6. The number of hydrogen-bond donors (Lipinski definition) is 2. The van der Waals surface area contributed by atoms with Crippen molar-refractivity contribution < 1.29 is 14.9 Å². The van der Waals surface area contributed by atoms with Gasteiger partial charge in [0.2, 0.25) is 0 Å². The zero-order valence-corrected chi connectivity index (χ0v) is 13.7. The molecule has 1 fully saturated rings. The van der Waals surface area contributed by atoms with Gasteiger partial charge in [0.1, 0.15) is 5.75 Å². The number of β-amino-alcohol motifs (C(OH)–C–C–N with tert-alkyl or cyclic N) is 2. The van der Waals surface area contributed by atoms with Crippen LogP contribution in [0.15, 0.2) is 18.2 Å². The van der Waals surface area contributed by atoms with Crippen LogP contribution in [0.3, 0.4) is 0 Å². The first-order valence-electron chi connectivity index (χ1n) is 8.11. The molecule has 22 heavy (non-hydrogen) atoms. The number of aryl methyl sites for hydroxylation is 1. The molecule has 0 bridgehead atoms. The Morgan fingerprint density at radius 2 is 1.86 bits per heavy atom. The Morgan fingerprint density at radius 1 is 1.18 bits per heavy atom. The number of aliphatic hydroxyl groups excluding tert-OH is 2. The van der Waals surface area contributed by atoms with E-state index in [4.69, 9.17) is 9.84 Å². The van der Waals surface area contributed by atoms with E-state index in [2.05, 4.69) is 9.80 Å². The molecule has 0 aliphatic carbocycles. The maximum absolute atomic E-state index is 10.6. The molecular weight excluding hydrogens is 280 g/mol. The Hall–Kier alpha value is -1.14. The van der Waals surface area contributed by atoms with Crippen molar-refractivity contribution in [2.75, 3.05) is 52.5 Å². The predicted molar refractivity (Wildman–Crippen MR) is 87.3 cm³/mol. The summed E-state index contributed by atoms with van der Waals surface area (Å²) in [5.41, 5.74) is 2.00. The van der Waals surface area contributed by atoms with Crippen molar-refractivity contribution in [3.05, 3.63) is 29.3 Å². The molecular formula is C17H28N2O3. The molecule has 5 nitrogen and oxygen atoms in total. The second-order valence-electron chi connectivity index (χ2n) is 5.86. The van der Waals surface area contributed by atoms with Crippen LogP contribution in [-0.4, -0.2) is 72.5 Å². The highest BCUT2D eigenvalue weighted by Crippen LogP contribution is 2.27. The van der Waals surface area contributed by atoms with Crippen molar-refractivity contribution in [3.8, 4) is 5.75 Å². The monoisotopic (exact) mass is 308 g/mol. The smallest absolute Gasteiger partial charge is 0.125 e. The topological polar surface area (TPSA) is 56.2 Å². The van der Waals surface area contributed by atoms with Gasteiger partial charge in [0.25, 0.3) is 0 Å². The fourth-order valence-corrected chi connectivity index (χ4v) is 2.90. The lowest BCUT2D eigenvalue weighted by Crippen LogP contribution is -2.48. The molecule has 0 amide bonds. The van der Waals surface area contributed by atoms with Crippen LogP contribution in [0, 0.1) is 6.92 Å². The highest BCUT2D eigenvalue weighted by molar-refractivity contribution is 5.38. The summed E-state index contributed by atoms with van der Waals surface area (Å²) in [5.74, 6) is 0.777. The summed E-state index contributed by atoms with van der Waals surface area (Å²) < 4.78 is 5.64. The number of hydrogen-bond acceptors (Lipinski definition) is 5. The molecule has 1 aromatic rings. The van der Waals surface area contributed by atoms with Crippen molar-refractivity contribution in [2.24, 2.45) is 0 Å². The van der Waals surface area contributed by atoms with Gasteiger partial charge in [0.05, 0.1) is 19.3 Å². The van der Waals surface area contributed by atoms with Gasteiger partial charge < -0.3 is 14.9 Å². The van der Waals surface area contributed by atoms with E-state index in [0.717, 1.165) is 49.6 Å². The Bertz CT molecular complexity index is 459. The van der Waals surface area contributed by atoms with Gasteiger partial charge in [-0.2, -0.15) is 0 Å². The van der Waals surface area contributed by atoms with E-state index in [1.54, 1.807) is 0 Å². The molecule has 0 radical (unpaired) electrons.